The van der Waals surface area contributed by atoms with Crippen LogP contribution in [0.3, 0.4) is 0 Å². The fourth-order valence-corrected chi connectivity index (χ4v) is 1.69. The topological polar surface area (TPSA) is 42.9 Å². The molecule has 70 valence electrons. The van der Waals surface area contributed by atoms with Gasteiger partial charge in [0.05, 0.1) is 5.52 Å². The fourth-order valence-electron chi connectivity index (χ4n) is 1.33. The standard InChI is InChI=1S/C10H7BrN2O/c1-6-8-4-7(11)2-3-9(8)13-10(5-14)12-6/h2-5H,1H3. The van der Waals surface area contributed by atoms with Crippen molar-refractivity contribution in [3.05, 3.63) is 34.2 Å². The summed E-state index contributed by atoms with van der Waals surface area (Å²) in [5.74, 6) is 0.234. The van der Waals surface area contributed by atoms with E-state index in [-0.39, 0.29) is 5.82 Å². The van der Waals surface area contributed by atoms with Crippen molar-refractivity contribution in [2.75, 3.05) is 0 Å². The number of nitrogens with zero attached hydrogens (tertiary/aromatic N) is 2. The van der Waals surface area contributed by atoms with Crippen LogP contribution in [0.4, 0.5) is 0 Å². The zero-order chi connectivity index (χ0) is 10.1. The molecule has 0 aliphatic heterocycles. The largest absolute Gasteiger partial charge is 0.294 e. The number of carbonyl (C=O) groups is 1. The minimum Gasteiger partial charge on any atom is -0.294 e. The molecule has 0 aliphatic carbocycles. The summed E-state index contributed by atoms with van der Waals surface area (Å²) in [6, 6.07) is 5.70. The Hall–Kier alpha value is -1.29. The molecule has 0 saturated heterocycles. The fraction of sp³-hybridized carbons (Fsp3) is 0.100. The molecule has 4 heteroatoms. The predicted molar refractivity (Wildman–Crippen MR) is 57.4 cm³/mol. The first-order chi connectivity index (χ1) is 6.70. The molecule has 14 heavy (non-hydrogen) atoms. The Bertz CT molecular complexity index is 511. The van der Waals surface area contributed by atoms with Gasteiger partial charge in [0.15, 0.2) is 12.1 Å². The van der Waals surface area contributed by atoms with Crippen LogP contribution in [0.15, 0.2) is 22.7 Å². The van der Waals surface area contributed by atoms with Crippen molar-refractivity contribution < 1.29 is 4.79 Å². The van der Waals surface area contributed by atoms with E-state index in [2.05, 4.69) is 25.9 Å². The van der Waals surface area contributed by atoms with Crippen LogP contribution < -0.4 is 0 Å². The van der Waals surface area contributed by atoms with E-state index in [0.717, 1.165) is 21.1 Å². The predicted octanol–water partition coefficient (Wildman–Crippen LogP) is 2.51. The van der Waals surface area contributed by atoms with E-state index in [1.165, 1.54) is 0 Å². The highest BCUT2D eigenvalue weighted by molar-refractivity contribution is 9.10. The minimum atomic E-state index is 0.234. The number of halogens is 1. The molecule has 0 atom stereocenters. The second kappa shape index (κ2) is 3.46. The molecule has 2 aromatic rings. The van der Waals surface area contributed by atoms with Crippen molar-refractivity contribution in [2.45, 2.75) is 6.92 Å². The molecular weight excluding hydrogens is 244 g/mol. The zero-order valence-electron chi connectivity index (χ0n) is 7.49. The minimum absolute atomic E-state index is 0.234. The first-order valence-electron chi connectivity index (χ1n) is 4.10. The van der Waals surface area contributed by atoms with Gasteiger partial charge in [0.1, 0.15) is 0 Å². The Morgan fingerprint density at radius 1 is 1.36 bits per heavy atom. The summed E-state index contributed by atoms with van der Waals surface area (Å²) >= 11 is 3.38. The molecule has 0 unspecified atom stereocenters. The van der Waals surface area contributed by atoms with Crippen LogP contribution in [0.5, 0.6) is 0 Å². The summed E-state index contributed by atoms with van der Waals surface area (Å²) in [7, 11) is 0. The molecule has 0 N–H and O–H groups in total. The van der Waals surface area contributed by atoms with E-state index in [1.54, 1.807) is 0 Å². The van der Waals surface area contributed by atoms with Crippen LogP contribution in [-0.4, -0.2) is 16.3 Å². The molecule has 1 aromatic heterocycles. The lowest BCUT2D eigenvalue weighted by Crippen LogP contribution is -1.96. The SMILES string of the molecule is Cc1nc(C=O)nc2ccc(Br)cc12. The van der Waals surface area contributed by atoms with Crippen molar-refractivity contribution in [3.63, 3.8) is 0 Å². The maximum atomic E-state index is 10.5. The first-order valence-corrected chi connectivity index (χ1v) is 4.89. The van der Waals surface area contributed by atoms with Crippen molar-refractivity contribution in [2.24, 2.45) is 0 Å². The highest BCUT2D eigenvalue weighted by Crippen LogP contribution is 2.20. The van der Waals surface area contributed by atoms with Crippen LogP contribution >= 0.6 is 15.9 Å². The van der Waals surface area contributed by atoms with Crippen LogP contribution in [0.25, 0.3) is 10.9 Å². The third-order valence-corrected chi connectivity index (χ3v) is 2.46. The molecule has 0 bridgehead atoms. The molecule has 0 saturated carbocycles. The van der Waals surface area contributed by atoms with Crippen molar-refractivity contribution in [1.29, 1.82) is 0 Å². The molecule has 0 radical (unpaired) electrons. The van der Waals surface area contributed by atoms with Gasteiger partial charge in [-0.05, 0) is 25.1 Å². The number of fused-ring (bicyclic) bond motifs is 1. The number of aldehydes is 1. The molecule has 0 aliphatic rings. The summed E-state index contributed by atoms with van der Waals surface area (Å²) in [4.78, 5) is 18.7. The second-order valence-electron chi connectivity index (χ2n) is 2.95. The van der Waals surface area contributed by atoms with Crippen molar-refractivity contribution in [3.8, 4) is 0 Å². The van der Waals surface area contributed by atoms with E-state index in [1.807, 2.05) is 25.1 Å². The molecule has 0 amide bonds. The Labute approximate surface area is 89.3 Å². The average Bonchev–Trinajstić information content (AvgIpc) is 2.19. The van der Waals surface area contributed by atoms with E-state index in [4.69, 9.17) is 0 Å². The number of aryl methyl sites for hydroxylation is 1. The zero-order valence-corrected chi connectivity index (χ0v) is 9.08. The number of carbonyl (C=O) groups excluding carboxylic acids is 1. The Morgan fingerprint density at radius 3 is 2.86 bits per heavy atom. The summed E-state index contributed by atoms with van der Waals surface area (Å²) in [6.45, 7) is 1.86. The number of hydrogen-bond acceptors (Lipinski definition) is 3. The highest BCUT2D eigenvalue weighted by atomic mass is 79.9. The molecule has 3 nitrogen and oxygen atoms in total. The van der Waals surface area contributed by atoms with E-state index in [9.17, 15) is 4.79 Å². The quantitative estimate of drug-likeness (QED) is 0.731. The van der Waals surface area contributed by atoms with Gasteiger partial charge in [-0.3, -0.25) is 4.79 Å². The van der Waals surface area contributed by atoms with Crippen molar-refractivity contribution in [1.82, 2.24) is 9.97 Å². The molecule has 0 spiro atoms. The molecular formula is C10H7BrN2O. The smallest absolute Gasteiger partial charge is 0.193 e. The van der Waals surface area contributed by atoms with Gasteiger partial charge < -0.3 is 0 Å². The average molecular weight is 251 g/mol. The lowest BCUT2D eigenvalue weighted by Gasteiger charge is -2.01. The number of rotatable bonds is 1. The van der Waals surface area contributed by atoms with Gasteiger partial charge in [-0.1, -0.05) is 15.9 Å². The molecule has 0 fully saturated rings. The maximum absolute atomic E-state index is 10.5. The van der Waals surface area contributed by atoms with Crippen LogP contribution in [-0.2, 0) is 0 Å². The lowest BCUT2D eigenvalue weighted by atomic mass is 10.2. The summed E-state index contributed by atoms with van der Waals surface area (Å²) in [5, 5.41) is 0.963. The maximum Gasteiger partial charge on any atom is 0.193 e. The number of aromatic nitrogens is 2. The Morgan fingerprint density at radius 2 is 2.14 bits per heavy atom. The number of hydrogen-bond donors (Lipinski definition) is 0. The van der Waals surface area contributed by atoms with E-state index < -0.39 is 0 Å². The van der Waals surface area contributed by atoms with Gasteiger partial charge in [-0.15, -0.1) is 0 Å². The lowest BCUT2D eigenvalue weighted by molar-refractivity contribution is 0.111. The van der Waals surface area contributed by atoms with Crippen LogP contribution in [0.2, 0.25) is 0 Å². The van der Waals surface area contributed by atoms with Gasteiger partial charge in [-0.2, -0.15) is 0 Å². The van der Waals surface area contributed by atoms with Gasteiger partial charge >= 0.3 is 0 Å². The normalized spacial score (nSPS) is 10.4. The molecule has 1 heterocycles. The monoisotopic (exact) mass is 250 g/mol. The van der Waals surface area contributed by atoms with E-state index in [0.29, 0.717) is 6.29 Å². The van der Waals surface area contributed by atoms with Crippen LogP contribution in [0.1, 0.15) is 16.3 Å². The van der Waals surface area contributed by atoms with Gasteiger partial charge in [0, 0.05) is 15.6 Å². The second-order valence-corrected chi connectivity index (χ2v) is 3.86. The van der Waals surface area contributed by atoms with Gasteiger partial charge in [0.2, 0.25) is 0 Å². The third kappa shape index (κ3) is 1.53. The molecule has 2 rings (SSSR count). The Kier molecular flexibility index (Phi) is 2.29. The van der Waals surface area contributed by atoms with E-state index >= 15 is 0 Å². The van der Waals surface area contributed by atoms with Crippen molar-refractivity contribution >= 4 is 33.1 Å². The summed E-state index contributed by atoms with van der Waals surface area (Å²) in [6.07, 6.45) is 0.661. The number of benzene rings is 1. The van der Waals surface area contributed by atoms with Gasteiger partial charge in [0.25, 0.3) is 0 Å². The first kappa shape index (κ1) is 9.27. The summed E-state index contributed by atoms with van der Waals surface area (Å²) in [5.41, 5.74) is 1.61. The summed E-state index contributed by atoms with van der Waals surface area (Å²) < 4.78 is 0.982. The third-order valence-electron chi connectivity index (χ3n) is 1.97. The van der Waals surface area contributed by atoms with Crippen LogP contribution in [0, 0.1) is 6.92 Å². The Balaban J connectivity index is 2.82. The van der Waals surface area contributed by atoms with Gasteiger partial charge in [-0.25, -0.2) is 9.97 Å². The highest BCUT2D eigenvalue weighted by Gasteiger charge is 2.03. The molecule has 1 aromatic carbocycles.